The summed E-state index contributed by atoms with van der Waals surface area (Å²) in [5, 5.41) is 4.39. The number of pyridine rings is 2. The van der Waals surface area contributed by atoms with E-state index in [4.69, 9.17) is 9.97 Å². The van der Waals surface area contributed by atoms with Gasteiger partial charge in [0.05, 0.1) is 11.0 Å². The monoisotopic (exact) mass is 566 g/mol. The van der Waals surface area contributed by atoms with Crippen LogP contribution in [0.5, 0.6) is 0 Å². The number of rotatable bonds is 4. The van der Waals surface area contributed by atoms with Gasteiger partial charge in [0.1, 0.15) is 12.7 Å². The SMILES string of the molecule is Cc1cc(-c2cccc(-c3cncnc3)c2)c2ccc3c(ccc4c(-c5cccc(-c6cncnc6)c5)cc(C)nc43)c2n1. The summed E-state index contributed by atoms with van der Waals surface area (Å²) in [6.45, 7) is 4.12. The zero-order valence-corrected chi connectivity index (χ0v) is 24.2. The molecule has 0 saturated carbocycles. The number of aryl methyl sites for hydroxylation is 2. The molecule has 4 heterocycles. The summed E-state index contributed by atoms with van der Waals surface area (Å²) in [4.78, 5) is 26.9. The Morgan fingerprint density at radius 2 is 0.773 bits per heavy atom. The highest BCUT2D eigenvalue weighted by molar-refractivity contribution is 6.19. The molecule has 0 aliphatic rings. The average Bonchev–Trinajstić information content (AvgIpc) is 3.08. The Balaban J connectivity index is 1.31. The van der Waals surface area contributed by atoms with Crippen molar-refractivity contribution in [1.82, 2.24) is 29.9 Å². The van der Waals surface area contributed by atoms with Crippen LogP contribution in [0.2, 0.25) is 0 Å². The summed E-state index contributed by atoms with van der Waals surface area (Å²) >= 11 is 0. The fourth-order valence-electron chi connectivity index (χ4n) is 6.15. The first-order chi connectivity index (χ1) is 21.6. The maximum Gasteiger partial charge on any atom is 0.115 e. The number of benzene rings is 4. The number of hydrogen-bond donors (Lipinski definition) is 0. The first kappa shape index (κ1) is 25.8. The van der Waals surface area contributed by atoms with Gasteiger partial charge in [-0.15, -0.1) is 0 Å². The lowest BCUT2D eigenvalue weighted by molar-refractivity contribution is 1.17. The van der Waals surface area contributed by atoms with E-state index in [0.29, 0.717) is 0 Å². The van der Waals surface area contributed by atoms with Crippen molar-refractivity contribution in [2.75, 3.05) is 0 Å². The van der Waals surface area contributed by atoms with Crippen molar-refractivity contribution >= 4 is 32.6 Å². The van der Waals surface area contributed by atoms with Crippen molar-refractivity contribution < 1.29 is 0 Å². The van der Waals surface area contributed by atoms with Crippen LogP contribution >= 0.6 is 0 Å². The van der Waals surface area contributed by atoms with Crippen LogP contribution in [0.3, 0.4) is 0 Å². The molecule has 6 nitrogen and oxygen atoms in total. The summed E-state index contributed by atoms with van der Waals surface area (Å²) in [5.74, 6) is 0. The summed E-state index contributed by atoms with van der Waals surface area (Å²) in [5.41, 5.74) is 12.6. The Labute approximate surface area is 254 Å². The van der Waals surface area contributed by atoms with E-state index in [9.17, 15) is 0 Å². The predicted molar refractivity (Wildman–Crippen MR) is 177 cm³/mol. The standard InChI is InChI=1S/C38H26N6/c1-23-13-35(27-7-3-5-25(15-27)29-17-39-21-40-18-29)33-11-10-32-31(37(33)43-23)9-12-34-36(14-24(2)44-38(32)34)28-8-4-6-26(16-28)30-19-41-22-42-20-30/h3-22H,1-2H3. The molecule has 4 aromatic carbocycles. The van der Waals surface area contributed by atoms with Crippen LogP contribution in [0.25, 0.3) is 77.1 Å². The highest BCUT2D eigenvalue weighted by Gasteiger charge is 2.15. The van der Waals surface area contributed by atoms with Gasteiger partial charge in [0.15, 0.2) is 0 Å². The van der Waals surface area contributed by atoms with Crippen molar-refractivity contribution in [3.63, 3.8) is 0 Å². The van der Waals surface area contributed by atoms with Gasteiger partial charge in [-0.1, -0.05) is 60.7 Å². The zero-order valence-electron chi connectivity index (χ0n) is 24.2. The molecule has 0 unspecified atom stereocenters. The van der Waals surface area contributed by atoms with Crippen molar-refractivity contribution in [2.45, 2.75) is 13.8 Å². The van der Waals surface area contributed by atoms with Gasteiger partial charge in [-0.25, -0.2) is 19.9 Å². The van der Waals surface area contributed by atoms with Gasteiger partial charge in [0.2, 0.25) is 0 Å². The first-order valence-electron chi connectivity index (χ1n) is 14.5. The van der Waals surface area contributed by atoms with Crippen LogP contribution in [-0.2, 0) is 0 Å². The van der Waals surface area contributed by atoms with Gasteiger partial charge >= 0.3 is 0 Å². The van der Waals surface area contributed by atoms with Crippen molar-refractivity contribution in [1.29, 1.82) is 0 Å². The second kappa shape index (κ2) is 10.4. The van der Waals surface area contributed by atoms with Crippen LogP contribution in [0.1, 0.15) is 11.4 Å². The molecule has 0 atom stereocenters. The van der Waals surface area contributed by atoms with E-state index in [2.05, 4.69) is 119 Å². The Morgan fingerprint density at radius 3 is 1.20 bits per heavy atom. The smallest absolute Gasteiger partial charge is 0.115 e. The van der Waals surface area contributed by atoms with Gasteiger partial charge in [-0.2, -0.15) is 0 Å². The van der Waals surface area contributed by atoms with Gasteiger partial charge in [-0.05, 0) is 71.5 Å². The molecular weight excluding hydrogens is 540 g/mol. The molecule has 8 rings (SSSR count). The van der Waals surface area contributed by atoms with Gasteiger partial charge < -0.3 is 0 Å². The van der Waals surface area contributed by atoms with Crippen LogP contribution in [0.15, 0.2) is 122 Å². The highest BCUT2D eigenvalue weighted by atomic mass is 14.8. The minimum atomic E-state index is 0.966. The zero-order chi connectivity index (χ0) is 29.6. The van der Waals surface area contributed by atoms with E-state index in [0.717, 1.165) is 88.5 Å². The molecule has 0 bridgehead atoms. The molecule has 0 aliphatic carbocycles. The van der Waals surface area contributed by atoms with E-state index < -0.39 is 0 Å². The molecular formula is C38H26N6. The van der Waals surface area contributed by atoms with Crippen molar-refractivity contribution in [3.05, 3.63) is 134 Å². The third-order valence-corrected chi connectivity index (χ3v) is 8.14. The van der Waals surface area contributed by atoms with Gasteiger partial charge in [0.25, 0.3) is 0 Å². The van der Waals surface area contributed by atoms with E-state index in [-0.39, 0.29) is 0 Å². The van der Waals surface area contributed by atoms with Crippen LogP contribution < -0.4 is 0 Å². The summed E-state index contributed by atoms with van der Waals surface area (Å²) < 4.78 is 0. The molecule has 0 aliphatic heterocycles. The minimum Gasteiger partial charge on any atom is -0.252 e. The molecule has 44 heavy (non-hydrogen) atoms. The molecule has 0 saturated heterocycles. The summed E-state index contributed by atoms with van der Waals surface area (Å²) in [7, 11) is 0. The quantitative estimate of drug-likeness (QED) is 0.198. The van der Waals surface area contributed by atoms with E-state index in [1.54, 1.807) is 12.7 Å². The molecule has 8 aromatic rings. The average molecular weight is 567 g/mol. The largest absolute Gasteiger partial charge is 0.252 e. The Hall–Kier alpha value is -5.88. The Bertz CT molecular complexity index is 2180. The maximum absolute atomic E-state index is 5.07. The minimum absolute atomic E-state index is 0.966. The van der Waals surface area contributed by atoms with E-state index in [1.165, 1.54) is 0 Å². The predicted octanol–water partition coefficient (Wildman–Crippen LogP) is 8.80. The van der Waals surface area contributed by atoms with Gasteiger partial charge in [0, 0.05) is 68.8 Å². The molecule has 0 amide bonds. The molecule has 208 valence electrons. The fourth-order valence-corrected chi connectivity index (χ4v) is 6.15. The lowest BCUT2D eigenvalue weighted by atomic mass is 9.92. The third kappa shape index (κ3) is 4.44. The molecule has 0 N–H and O–H groups in total. The summed E-state index contributed by atoms with van der Waals surface area (Å²) in [6.07, 6.45) is 10.5. The molecule has 0 radical (unpaired) electrons. The molecule has 0 fully saturated rings. The number of fused-ring (bicyclic) bond motifs is 5. The molecule has 0 spiro atoms. The van der Waals surface area contributed by atoms with E-state index in [1.807, 2.05) is 24.8 Å². The summed E-state index contributed by atoms with van der Waals surface area (Å²) in [6, 6.07) is 30.2. The highest BCUT2D eigenvalue weighted by Crippen LogP contribution is 2.39. The number of nitrogens with zero attached hydrogens (tertiary/aromatic N) is 6. The number of aromatic nitrogens is 6. The normalized spacial score (nSPS) is 11.4. The lowest BCUT2D eigenvalue weighted by Gasteiger charge is -2.15. The van der Waals surface area contributed by atoms with E-state index >= 15 is 0 Å². The van der Waals surface area contributed by atoms with Crippen LogP contribution in [0, 0.1) is 13.8 Å². The topological polar surface area (TPSA) is 77.3 Å². The first-order valence-corrected chi connectivity index (χ1v) is 14.5. The lowest BCUT2D eigenvalue weighted by Crippen LogP contribution is -1.94. The molecule has 4 aromatic heterocycles. The number of hydrogen-bond acceptors (Lipinski definition) is 6. The van der Waals surface area contributed by atoms with Crippen molar-refractivity contribution in [2.24, 2.45) is 0 Å². The third-order valence-electron chi connectivity index (χ3n) is 8.14. The van der Waals surface area contributed by atoms with Gasteiger partial charge in [-0.3, -0.25) is 9.97 Å². The van der Waals surface area contributed by atoms with Crippen LogP contribution in [-0.4, -0.2) is 29.9 Å². The Kier molecular flexibility index (Phi) is 6.12. The van der Waals surface area contributed by atoms with Crippen molar-refractivity contribution in [3.8, 4) is 44.5 Å². The second-order valence-corrected chi connectivity index (χ2v) is 11.1. The Morgan fingerprint density at radius 1 is 0.386 bits per heavy atom. The second-order valence-electron chi connectivity index (χ2n) is 11.1. The maximum atomic E-state index is 5.07. The molecule has 6 heteroatoms. The van der Waals surface area contributed by atoms with Crippen LogP contribution in [0.4, 0.5) is 0 Å². The fraction of sp³-hybridized carbons (Fsp3) is 0.0526.